The van der Waals surface area contributed by atoms with E-state index in [4.69, 9.17) is 4.74 Å². The molecule has 0 aliphatic heterocycles. The number of rotatable bonds is 6. The van der Waals surface area contributed by atoms with Crippen LogP contribution in [0.4, 0.5) is 0 Å². The molecule has 1 aromatic rings. The number of aromatic nitrogens is 1. The molecule has 3 heteroatoms. The first-order valence-electron chi connectivity index (χ1n) is 8.46. The lowest BCUT2D eigenvalue weighted by Gasteiger charge is -2.31. The van der Waals surface area contributed by atoms with E-state index in [2.05, 4.69) is 44.1 Å². The summed E-state index contributed by atoms with van der Waals surface area (Å²) in [6.07, 6.45) is 7.00. The first kappa shape index (κ1) is 16.3. The first-order chi connectivity index (χ1) is 10.1. The van der Waals surface area contributed by atoms with Crippen LogP contribution in [0, 0.1) is 11.8 Å². The lowest BCUT2D eigenvalue weighted by molar-refractivity contribution is 0.0964. The van der Waals surface area contributed by atoms with Gasteiger partial charge in [-0.05, 0) is 56.6 Å². The molecule has 0 spiro atoms. The van der Waals surface area contributed by atoms with Gasteiger partial charge in [0, 0.05) is 18.3 Å². The molecule has 1 aromatic heterocycles. The van der Waals surface area contributed by atoms with Crippen LogP contribution < -0.4 is 10.1 Å². The second kappa shape index (κ2) is 7.79. The third-order valence-electron chi connectivity index (χ3n) is 4.80. The molecule has 1 fully saturated rings. The van der Waals surface area contributed by atoms with Gasteiger partial charge in [0.2, 0.25) is 5.88 Å². The molecule has 2 rings (SSSR count). The van der Waals surface area contributed by atoms with Crippen molar-refractivity contribution in [1.82, 2.24) is 10.3 Å². The number of nitrogens with one attached hydrogen (secondary N) is 1. The number of hydrogen-bond donors (Lipinski definition) is 1. The smallest absolute Gasteiger partial charge is 0.213 e. The van der Waals surface area contributed by atoms with Crippen LogP contribution in [-0.4, -0.2) is 17.6 Å². The third-order valence-corrected chi connectivity index (χ3v) is 4.80. The fraction of sp³-hybridized carbons (Fsp3) is 0.722. The van der Waals surface area contributed by atoms with E-state index in [1.54, 1.807) is 0 Å². The molecule has 1 heterocycles. The summed E-state index contributed by atoms with van der Waals surface area (Å²) in [7, 11) is 0. The molecule has 4 atom stereocenters. The highest BCUT2D eigenvalue weighted by Gasteiger charge is 2.25. The SMILES string of the molecule is CCCNC(C)c1ccc(OC2CCC(C)C(C)C2)nc1. The largest absolute Gasteiger partial charge is 0.474 e. The maximum Gasteiger partial charge on any atom is 0.213 e. The maximum atomic E-state index is 6.06. The Morgan fingerprint density at radius 2 is 2.10 bits per heavy atom. The van der Waals surface area contributed by atoms with Gasteiger partial charge >= 0.3 is 0 Å². The zero-order valence-electron chi connectivity index (χ0n) is 13.9. The van der Waals surface area contributed by atoms with Gasteiger partial charge in [0.25, 0.3) is 0 Å². The van der Waals surface area contributed by atoms with Crippen LogP contribution >= 0.6 is 0 Å². The fourth-order valence-electron chi connectivity index (χ4n) is 2.97. The second-order valence-corrected chi connectivity index (χ2v) is 6.61. The highest BCUT2D eigenvalue weighted by atomic mass is 16.5. The Morgan fingerprint density at radius 1 is 1.29 bits per heavy atom. The number of pyridine rings is 1. The summed E-state index contributed by atoms with van der Waals surface area (Å²) in [5.74, 6) is 2.35. The van der Waals surface area contributed by atoms with Crippen molar-refractivity contribution in [3.8, 4) is 5.88 Å². The van der Waals surface area contributed by atoms with Gasteiger partial charge in [-0.25, -0.2) is 4.98 Å². The Labute approximate surface area is 129 Å². The highest BCUT2D eigenvalue weighted by molar-refractivity contribution is 5.20. The summed E-state index contributed by atoms with van der Waals surface area (Å²) >= 11 is 0. The molecule has 1 aliphatic rings. The second-order valence-electron chi connectivity index (χ2n) is 6.61. The number of hydrogen-bond acceptors (Lipinski definition) is 3. The van der Waals surface area contributed by atoms with Gasteiger partial charge in [-0.2, -0.15) is 0 Å². The Balaban J connectivity index is 1.87. The molecule has 1 N–H and O–H groups in total. The molecule has 1 saturated carbocycles. The summed E-state index contributed by atoms with van der Waals surface area (Å²) in [4.78, 5) is 4.48. The standard InChI is InChI=1S/C18H30N2O/c1-5-10-19-15(4)16-7-9-18(20-12-16)21-17-8-6-13(2)14(3)11-17/h7,9,12-15,17,19H,5-6,8,10-11H2,1-4H3. The maximum absolute atomic E-state index is 6.06. The lowest BCUT2D eigenvalue weighted by atomic mass is 9.80. The minimum atomic E-state index is 0.338. The van der Waals surface area contributed by atoms with Crippen molar-refractivity contribution >= 4 is 0 Å². The Morgan fingerprint density at radius 3 is 2.71 bits per heavy atom. The number of ether oxygens (including phenoxy) is 1. The molecule has 118 valence electrons. The molecule has 0 radical (unpaired) electrons. The van der Waals surface area contributed by atoms with Crippen molar-refractivity contribution in [2.24, 2.45) is 11.8 Å². The predicted molar refractivity (Wildman–Crippen MR) is 87.5 cm³/mol. The van der Waals surface area contributed by atoms with E-state index < -0.39 is 0 Å². The molecule has 21 heavy (non-hydrogen) atoms. The summed E-state index contributed by atoms with van der Waals surface area (Å²) in [6, 6.07) is 4.49. The average Bonchev–Trinajstić information content (AvgIpc) is 2.49. The fourth-order valence-corrected chi connectivity index (χ4v) is 2.97. The van der Waals surface area contributed by atoms with E-state index in [1.807, 2.05) is 12.3 Å². The van der Waals surface area contributed by atoms with Crippen LogP contribution in [-0.2, 0) is 0 Å². The van der Waals surface area contributed by atoms with Crippen molar-refractivity contribution in [2.45, 2.75) is 65.5 Å². The topological polar surface area (TPSA) is 34.1 Å². The molecule has 3 nitrogen and oxygen atoms in total. The van der Waals surface area contributed by atoms with Gasteiger partial charge < -0.3 is 10.1 Å². The predicted octanol–water partition coefficient (Wildman–Crippen LogP) is 4.35. The average molecular weight is 290 g/mol. The van der Waals surface area contributed by atoms with E-state index in [0.29, 0.717) is 12.1 Å². The normalized spacial score (nSPS) is 27.3. The highest BCUT2D eigenvalue weighted by Crippen LogP contribution is 2.31. The van der Waals surface area contributed by atoms with Crippen LogP contribution in [0.3, 0.4) is 0 Å². The Bertz CT molecular complexity index is 418. The molecule has 0 saturated heterocycles. The van der Waals surface area contributed by atoms with E-state index in [1.165, 1.54) is 12.0 Å². The Kier molecular flexibility index (Phi) is 6.04. The van der Waals surface area contributed by atoms with Gasteiger partial charge in [-0.15, -0.1) is 0 Å². The van der Waals surface area contributed by atoms with Crippen molar-refractivity contribution in [3.63, 3.8) is 0 Å². The van der Waals surface area contributed by atoms with E-state index >= 15 is 0 Å². The molecular weight excluding hydrogens is 260 g/mol. The van der Waals surface area contributed by atoms with Crippen LogP contribution in [0.1, 0.15) is 65.0 Å². The summed E-state index contributed by atoms with van der Waals surface area (Å²) in [6.45, 7) is 10.1. The van der Waals surface area contributed by atoms with Crippen molar-refractivity contribution < 1.29 is 4.74 Å². The number of nitrogens with zero attached hydrogens (tertiary/aromatic N) is 1. The third kappa shape index (κ3) is 4.70. The van der Waals surface area contributed by atoms with Gasteiger partial charge in [0.1, 0.15) is 6.10 Å². The Hall–Kier alpha value is -1.09. The van der Waals surface area contributed by atoms with Gasteiger partial charge in [-0.1, -0.05) is 26.8 Å². The van der Waals surface area contributed by atoms with Crippen LogP contribution in [0.25, 0.3) is 0 Å². The van der Waals surface area contributed by atoms with E-state index in [9.17, 15) is 0 Å². The van der Waals surface area contributed by atoms with Crippen molar-refractivity contribution in [3.05, 3.63) is 23.9 Å². The van der Waals surface area contributed by atoms with Gasteiger partial charge in [-0.3, -0.25) is 0 Å². The molecular formula is C18H30N2O. The monoisotopic (exact) mass is 290 g/mol. The van der Waals surface area contributed by atoms with Crippen molar-refractivity contribution in [1.29, 1.82) is 0 Å². The van der Waals surface area contributed by atoms with Crippen molar-refractivity contribution in [2.75, 3.05) is 6.54 Å². The van der Waals surface area contributed by atoms with Crippen LogP contribution in [0.15, 0.2) is 18.3 Å². The lowest BCUT2D eigenvalue weighted by Crippen LogP contribution is -2.29. The van der Waals surface area contributed by atoms with E-state index in [0.717, 1.165) is 43.5 Å². The molecule has 1 aliphatic carbocycles. The van der Waals surface area contributed by atoms with Crippen LogP contribution in [0.2, 0.25) is 0 Å². The van der Waals surface area contributed by atoms with E-state index in [-0.39, 0.29) is 0 Å². The summed E-state index contributed by atoms with van der Waals surface area (Å²) < 4.78 is 6.06. The molecule has 0 amide bonds. The molecule has 0 aromatic carbocycles. The summed E-state index contributed by atoms with van der Waals surface area (Å²) in [5.41, 5.74) is 1.22. The molecule has 0 bridgehead atoms. The minimum Gasteiger partial charge on any atom is -0.474 e. The van der Waals surface area contributed by atoms with Crippen LogP contribution in [0.5, 0.6) is 5.88 Å². The quantitative estimate of drug-likeness (QED) is 0.846. The summed E-state index contributed by atoms with van der Waals surface area (Å²) in [5, 5.41) is 3.48. The molecule has 4 unspecified atom stereocenters. The minimum absolute atomic E-state index is 0.338. The zero-order chi connectivity index (χ0) is 15.2. The van der Waals surface area contributed by atoms with Gasteiger partial charge in [0.05, 0.1) is 0 Å². The zero-order valence-corrected chi connectivity index (χ0v) is 13.9. The van der Waals surface area contributed by atoms with Gasteiger partial charge in [0.15, 0.2) is 0 Å². The first-order valence-corrected chi connectivity index (χ1v) is 8.46.